The Hall–Kier alpha value is -1.68. The van der Waals surface area contributed by atoms with Gasteiger partial charge in [-0.1, -0.05) is 0 Å². The molecule has 1 heterocycles. The number of halogens is 2. The van der Waals surface area contributed by atoms with Crippen LogP contribution in [0.5, 0.6) is 5.75 Å². The first kappa shape index (κ1) is 13.4. The van der Waals surface area contributed by atoms with Crippen LogP contribution in [0.4, 0.5) is 8.78 Å². The zero-order valence-corrected chi connectivity index (χ0v) is 9.76. The third-order valence-corrected chi connectivity index (χ3v) is 2.72. The quantitative estimate of drug-likeness (QED) is 0.884. The van der Waals surface area contributed by atoms with Gasteiger partial charge in [0.1, 0.15) is 10.6 Å². The highest BCUT2D eigenvalue weighted by Crippen LogP contribution is 2.26. The van der Waals surface area contributed by atoms with Crippen molar-refractivity contribution in [2.75, 3.05) is 0 Å². The zero-order chi connectivity index (χ0) is 12.8. The Labute approximate surface area is 101 Å². The molecule has 1 atom stereocenters. The van der Waals surface area contributed by atoms with Gasteiger partial charge in [-0.15, -0.1) is 11.3 Å². The summed E-state index contributed by atoms with van der Waals surface area (Å²) < 4.78 is 28.3. The number of rotatable bonds is 5. The van der Waals surface area contributed by atoms with Crippen molar-refractivity contribution < 1.29 is 18.3 Å². The molecule has 17 heavy (non-hydrogen) atoms. The minimum absolute atomic E-state index is 0.0788. The molecule has 0 spiro atoms. The van der Waals surface area contributed by atoms with Gasteiger partial charge in [-0.2, -0.15) is 14.0 Å². The summed E-state index contributed by atoms with van der Waals surface area (Å²) in [4.78, 5) is 11.7. The van der Waals surface area contributed by atoms with E-state index in [0.29, 0.717) is 0 Å². The fourth-order valence-electron chi connectivity index (χ4n) is 1.13. The van der Waals surface area contributed by atoms with Crippen LogP contribution in [0.3, 0.4) is 0 Å². The normalized spacial score (nSPS) is 11.9. The van der Waals surface area contributed by atoms with Crippen molar-refractivity contribution in [2.45, 2.75) is 26.0 Å². The lowest BCUT2D eigenvalue weighted by Gasteiger charge is -2.10. The lowest BCUT2D eigenvalue weighted by Crippen LogP contribution is -2.32. The van der Waals surface area contributed by atoms with E-state index in [9.17, 15) is 13.6 Å². The number of ether oxygens (including phenoxy) is 1. The lowest BCUT2D eigenvalue weighted by molar-refractivity contribution is -0.0498. The summed E-state index contributed by atoms with van der Waals surface area (Å²) >= 11 is 1.01. The van der Waals surface area contributed by atoms with Crippen LogP contribution in [0, 0.1) is 11.3 Å². The van der Waals surface area contributed by atoms with E-state index < -0.39 is 12.5 Å². The van der Waals surface area contributed by atoms with Gasteiger partial charge in [0.2, 0.25) is 0 Å². The predicted molar refractivity (Wildman–Crippen MR) is 58.1 cm³/mol. The Morgan fingerprint density at radius 3 is 3.00 bits per heavy atom. The summed E-state index contributed by atoms with van der Waals surface area (Å²) in [6, 6.07) is 2.87. The van der Waals surface area contributed by atoms with Gasteiger partial charge in [-0.25, -0.2) is 0 Å². The largest absolute Gasteiger partial charge is 0.433 e. The van der Waals surface area contributed by atoms with Gasteiger partial charge in [0, 0.05) is 6.04 Å². The van der Waals surface area contributed by atoms with Crippen LogP contribution in [0.25, 0.3) is 0 Å². The van der Waals surface area contributed by atoms with Crippen LogP contribution in [-0.4, -0.2) is 18.6 Å². The maximum atomic E-state index is 12.0. The maximum absolute atomic E-state index is 12.0. The fraction of sp³-hybridized carbons (Fsp3) is 0.400. The number of alkyl halides is 2. The number of amides is 1. The minimum Gasteiger partial charge on any atom is -0.433 e. The first-order valence-corrected chi connectivity index (χ1v) is 5.62. The van der Waals surface area contributed by atoms with Gasteiger partial charge in [0.25, 0.3) is 5.91 Å². The van der Waals surface area contributed by atoms with Gasteiger partial charge in [-0.3, -0.25) is 4.79 Å². The van der Waals surface area contributed by atoms with Crippen molar-refractivity contribution in [3.63, 3.8) is 0 Å². The Bertz CT molecular complexity index is 428. The summed E-state index contributed by atoms with van der Waals surface area (Å²) in [6.07, 6.45) is 0.155. The van der Waals surface area contributed by atoms with Gasteiger partial charge < -0.3 is 10.1 Å². The third-order valence-electron chi connectivity index (χ3n) is 1.83. The van der Waals surface area contributed by atoms with E-state index in [0.717, 1.165) is 11.3 Å². The standard InChI is InChI=1S/C10H10F2N2O2S/c1-6(2-4-13)14-9(15)8-7(3-5-17-8)16-10(11)12/h3,5-6,10H,2H2,1H3,(H,14,15)/t6-/m1/s1. The number of hydrogen-bond donors (Lipinski definition) is 1. The monoisotopic (exact) mass is 260 g/mol. The topological polar surface area (TPSA) is 62.1 Å². The molecule has 1 aromatic heterocycles. The molecule has 0 fully saturated rings. The van der Waals surface area contributed by atoms with Gasteiger partial charge in [-0.05, 0) is 18.4 Å². The molecular weight excluding hydrogens is 250 g/mol. The Balaban J connectivity index is 2.69. The highest BCUT2D eigenvalue weighted by molar-refractivity contribution is 7.12. The van der Waals surface area contributed by atoms with Crippen molar-refractivity contribution in [3.8, 4) is 11.8 Å². The van der Waals surface area contributed by atoms with Gasteiger partial charge in [0.15, 0.2) is 0 Å². The highest BCUT2D eigenvalue weighted by Gasteiger charge is 2.18. The van der Waals surface area contributed by atoms with E-state index in [1.54, 1.807) is 6.92 Å². The number of nitriles is 1. The van der Waals surface area contributed by atoms with E-state index in [1.807, 2.05) is 6.07 Å². The number of nitrogens with one attached hydrogen (secondary N) is 1. The van der Waals surface area contributed by atoms with Crippen molar-refractivity contribution in [1.29, 1.82) is 5.26 Å². The summed E-state index contributed by atoms with van der Waals surface area (Å²) in [5.41, 5.74) is 0. The predicted octanol–water partition coefficient (Wildman–Crippen LogP) is 2.38. The number of hydrogen-bond acceptors (Lipinski definition) is 4. The summed E-state index contributed by atoms with van der Waals surface area (Å²) in [5.74, 6) is -0.662. The molecule has 0 bridgehead atoms. The molecule has 0 unspecified atom stereocenters. The third kappa shape index (κ3) is 4.00. The van der Waals surface area contributed by atoms with Crippen LogP contribution >= 0.6 is 11.3 Å². The first-order valence-electron chi connectivity index (χ1n) is 4.74. The van der Waals surface area contributed by atoms with Crippen LogP contribution < -0.4 is 10.1 Å². The number of carbonyl (C=O) groups is 1. The molecule has 1 rings (SSSR count). The molecule has 0 saturated heterocycles. The molecule has 1 amide bonds. The number of thiophene rings is 1. The summed E-state index contributed by atoms with van der Waals surface area (Å²) in [6.45, 7) is -1.31. The smallest absolute Gasteiger partial charge is 0.387 e. The molecule has 4 nitrogen and oxygen atoms in total. The zero-order valence-electron chi connectivity index (χ0n) is 8.94. The molecule has 0 radical (unpaired) electrons. The van der Waals surface area contributed by atoms with E-state index in [1.165, 1.54) is 11.4 Å². The summed E-state index contributed by atoms with van der Waals surface area (Å²) in [7, 11) is 0. The van der Waals surface area contributed by atoms with E-state index in [2.05, 4.69) is 10.1 Å². The molecule has 92 valence electrons. The average Bonchev–Trinajstić information content (AvgIpc) is 2.65. The van der Waals surface area contributed by atoms with E-state index in [4.69, 9.17) is 5.26 Å². The summed E-state index contributed by atoms with van der Waals surface area (Å²) in [5, 5.41) is 12.4. The molecule has 1 N–H and O–H groups in total. The second-order valence-corrected chi connectivity index (χ2v) is 4.15. The SMILES string of the molecule is C[C@H](CC#N)NC(=O)c1sccc1OC(F)F. The number of carbonyl (C=O) groups excluding carboxylic acids is 1. The van der Waals surface area contributed by atoms with E-state index in [-0.39, 0.29) is 23.1 Å². The molecule has 0 aliphatic heterocycles. The van der Waals surface area contributed by atoms with Crippen LogP contribution in [-0.2, 0) is 0 Å². The first-order chi connectivity index (χ1) is 8.04. The van der Waals surface area contributed by atoms with Gasteiger partial charge >= 0.3 is 6.61 Å². The van der Waals surface area contributed by atoms with Crippen molar-refractivity contribution in [3.05, 3.63) is 16.3 Å². The van der Waals surface area contributed by atoms with Crippen molar-refractivity contribution in [2.24, 2.45) is 0 Å². The molecule has 1 aromatic rings. The molecule has 7 heteroatoms. The lowest BCUT2D eigenvalue weighted by atomic mass is 10.2. The molecule has 0 aliphatic carbocycles. The second kappa shape index (κ2) is 6.15. The van der Waals surface area contributed by atoms with Crippen molar-refractivity contribution >= 4 is 17.2 Å². The van der Waals surface area contributed by atoms with Crippen molar-refractivity contribution in [1.82, 2.24) is 5.32 Å². The Morgan fingerprint density at radius 2 is 2.41 bits per heavy atom. The molecule has 0 aromatic carbocycles. The highest BCUT2D eigenvalue weighted by atomic mass is 32.1. The number of nitrogens with zero attached hydrogens (tertiary/aromatic N) is 1. The molecule has 0 saturated carbocycles. The Kier molecular flexibility index (Phi) is 4.84. The van der Waals surface area contributed by atoms with Crippen LogP contribution in [0.2, 0.25) is 0 Å². The molecular formula is C10H10F2N2O2S. The van der Waals surface area contributed by atoms with E-state index >= 15 is 0 Å². The van der Waals surface area contributed by atoms with Gasteiger partial charge in [0.05, 0.1) is 12.5 Å². The maximum Gasteiger partial charge on any atom is 0.387 e. The second-order valence-electron chi connectivity index (χ2n) is 3.23. The Morgan fingerprint density at radius 1 is 1.71 bits per heavy atom. The van der Waals surface area contributed by atoms with Crippen LogP contribution in [0.15, 0.2) is 11.4 Å². The minimum atomic E-state index is -2.97. The van der Waals surface area contributed by atoms with Crippen LogP contribution in [0.1, 0.15) is 23.0 Å². The molecule has 0 aliphatic rings. The average molecular weight is 260 g/mol. The fourth-order valence-corrected chi connectivity index (χ4v) is 1.86.